The monoisotopic (exact) mass is 456 g/mol. The number of nitrogens with zero attached hydrogens (tertiary/aromatic N) is 1. The minimum atomic E-state index is -3.75. The molecule has 1 fully saturated rings. The molecule has 1 saturated heterocycles. The zero-order chi connectivity index (χ0) is 18.9. The van der Waals surface area contributed by atoms with Crippen molar-refractivity contribution in [3.05, 3.63) is 57.5 Å². The summed E-state index contributed by atoms with van der Waals surface area (Å²) in [7, 11) is -3.75. The first-order valence-electron chi connectivity index (χ1n) is 8.13. The van der Waals surface area contributed by atoms with Crippen LogP contribution in [0.3, 0.4) is 0 Å². The molecule has 2 aromatic carbocycles. The van der Waals surface area contributed by atoms with Crippen LogP contribution >= 0.6 is 27.5 Å². The van der Waals surface area contributed by atoms with Gasteiger partial charge in [-0.15, -0.1) is 0 Å². The highest BCUT2D eigenvalue weighted by atomic mass is 79.9. The van der Waals surface area contributed by atoms with Gasteiger partial charge in [-0.25, -0.2) is 8.42 Å². The standard InChI is InChI=1S/C18H18BrClN2O3S/c1-12-11-13(19)4-9-16(12)21-18(23)17-3-2-10-22(17)26(24,25)15-7-5-14(20)6-8-15/h4-9,11,17H,2-3,10H2,1H3,(H,21,23)/t17-/m1/s1. The third kappa shape index (κ3) is 3.96. The maximum absolute atomic E-state index is 12.9. The van der Waals surface area contributed by atoms with Crippen LogP contribution in [0, 0.1) is 6.92 Å². The smallest absolute Gasteiger partial charge is 0.243 e. The lowest BCUT2D eigenvalue weighted by Gasteiger charge is -2.23. The molecule has 0 bridgehead atoms. The van der Waals surface area contributed by atoms with Crippen molar-refractivity contribution in [3.8, 4) is 0 Å². The first-order chi connectivity index (χ1) is 12.3. The molecule has 0 spiro atoms. The van der Waals surface area contributed by atoms with E-state index < -0.39 is 16.1 Å². The summed E-state index contributed by atoms with van der Waals surface area (Å²) in [4.78, 5) is 12.9. The molecule has 0 unspecified atom stereocenters. The number of hydrogen-bond donors (Lipinski definition) is 1. The number of nitrogens with one attached hydrogen (secondary N) is 1. The first-order valence-corrected chi connectivity index (χ1v) is 10.7. The predicted octanol–water partition coefficient (Wildman–Crippen LogP) is 4.20. The second-order valence-corrected chi connectivity index (χ2v) is 9.42. The van der Waals surface area contributed by atoms with Gasteiger partial charge in [0.2, 0.25) is 15.9 Å². The van der Waals surface area contributed by atoms with Crippen molar-refractivity contribution in [3.63, 3.8) is 0 Å². The van der Waals surface area contributed by atoms with Gasteiger partial charge in [-0.3, -0.25) is 4.79 Å². The maximum atomic E-state index is 12.9. The van der Waals surface area contributed by atoms with Gasteiger partial charge in [0.1, 0.15) is 6.04 Å². The van der Waals surface area contributed by atoms with Crippen LogP contribution in [-0.4, -0.2) is 31.2 Å². The van der Waals surface area contributed by atoms with Gasteiger partial charge in [0.25, 0.3) is 0 Å². The van der Waals surface area contributed by atoms with Crippen LogP contribution in [0.1, 0.15) is 18.4 Å². The zero-order valence-corrected chi connectivity index (χ0v) is 17.2. The Balaban J connectivity index is 1.83. The Morgan fingerprint density at radius 1 is 1.23 bits per heavy atom. The number of sulfonamides is 1. The highest BCUT2D eigenvalue weighted by molar-refractivity contribution is 9.10. The van der Waals surface area contributed by atoms with Crippen molar-refractivity contribution in [2.24, 2.45) is 0 Å². The van der Waals surface area contributed by atoms with Crippen molar-refractivity contribution in [1.82, 2.24) is 4.31 Å². The Hall–Kier alpha value is -1.41. The average molecular weight is 458 g/mol. The summed E-state index contributed by atoms with van der Waals surface area (Å²) in [6, 6.07) is 10.8. The number of rotatable bonds is 4. The van der Waals surface area contributed by atoms with Gasteiger partial charge in [-0.05, 0) is 67.8 Å². The van der Waals surface area contributed by atoms with E-state index in [4.69, 9.17) is 11.6 Å². The fourth-order valence-corrected chi connectivity index (χ4v) is 5.27. The Bertz CT molecular complexity index is 932. The van der Waals surface area contributed by atoms with E-state index in [9.17, 15) is 13.2 Å². The molecule has 0 aliphatic carbocycles. The van der Waals surface area contributed by atoms with Gasteiger partial charge in [0.05, 0.1) is 4.90 Å². The van der Waals surface area contributed by atoms with Gasteiger partial charge in [-0.2, -0.15) is 4.31 Å². The number of benzene rings is 2. The van der Waals surface area contributed by atoms with E-state index in [1.54, 1.807) is 6.07 Å². The Kier molecular flexibility index (Phi) is 5.72. The molecule has 26 heavy (non-hydrogen) atoms. The Labute approximate surface area is 166 Å². The second-order valence-electron chi connectivity index (χ2n) is 6.18. The second kappa shape index (κ2) is 7.68. The first kappa shape index (κ1) is 19.4. The summed E-state index contributed by atoms with van der Waals surface area (Å²) in [6.45, 7) is 2.21. The lowest BCUT2D eigenvalue weighted by atomic mass is 10.1. The molecule has 2 aromatic rings. The van der Waals surface area contributed by atoms with Crippen molar-refractivity contribution >= 4 is 49.1 Å². The van der Waals surface area contributed by atoms with Crippen LogP contribution in [0.25, 0.3) is 0 Å². The normalized spacial score (nSPS) is 18.0. The number of aryl methyl sites for hydroxylation is 1. The highest BCUT2D eigenvalue weighted by Crippen LogP contribution is 2.28. The number of amides is 1. The number of carbonyl (C=O) groups excluding carboxylic acids is 1. The van der Waals surface area contributed by atoms with E-state index >= 15 is 0 Å². The fraction of sp³-hybridized carbons (Fsp3) is 0.278. The van der Waals surface area contributed by atoms with E-state index in [-0.39, 0.29) is 10.8 Å². The molecule has 0 radical (unpaired) electrons. The summed E-state index contributed by atoms with van der Waals surface area (Å²) in [5.41, 5.74) is 1.58. The van der Waals surface area contributed by atoms with Crippen LogP contribution in [0.4, 0.5) is 5.69 Å². The lowest BCUT2D eigenvalue weighted by molar-refractivity contribution is -0.119. The Morgan fingerprint density at radius 3 is 2.58 bits per heavy atom. The summed E-state index contributed by atoms with van der Waals surface area (Å²) in [5.74, 6) is -0.314. The van der Waals surface area contributed by atoms with Crippen LogP contribution in [0.2, 0.25) is 5.02 Å². The topological polar surface area (TPSA) is 66.5 Å². The molecular weight excluding hydrogens is 440 g/mol. The molecule has 3 rings (SSSR count). The molecular formula is C18H18BrClN2O3S. The minimum absolute atomic E-state index is 0.140. The van der Waals surface area contributed by atoms with E-state index in [2.05, 4.69) is 21.2 Å². The Morgan fingerprint density at radius 2 is 1.92 bits per heavy atom. The van der Waals surface area contributed by atoms with E-state index in [1.807, 2.05) is 19.1 Å². The molecule has 138 valence electrons. The van der Waals surface area contributed by atoms with Crippen molar-refractivity contribution in [2.75, 3.05) is 11.9 Å². The zero-order valence-electron chi connectivity index (χ0n) is 14.1. The van der Waals surface area contributed by atoms with Crippen LogP contribution in [-0.2, 0) is 14.8 Å². The van der Waals surface area contributed by atoms with Crippen LogP contribution < -0.4 is 5.32 Å². The number of hydrogen-bond acceptors (Lipinski definition) is 3. The molecule has 0 aromatic heterocycles. The summed E-state index contributed by atoms with van der Waals surface area (Å²) < 4.78 is 28.0. The fourth-order valence-electron chi connectivity index (χ4n) is 3.02. The van der Waals surface area contributed by atoms with Gasteiger partial charge >= 0.3 is 0 Å². The molecule has 1 aliphatic heterocycles. The maximum Gasteiger partial charge on any atom is 0.243 e. The lowest BCUT2D eigenvalue weighted by Crippen LogP contribution is -2.43. The summed E-state index contributed by atoms with van der Waals surface area (Å²) in [6.07, 6.45) is 1.14. The molecule has 1 atom stereocenters. The van der Waals surface area contributed by atoms with E-state index in [0.717, 1.165) is 10.0 Å². The molecule has 8 heteroatoms. The third-order valence-corrected chi connectivity index (χ3v) is 7.04. The molecule has 5 nitrogen and oxygen atoms in total. The van der Waals surface area contributed by atoms with Crippen LogP contribution in [0.15, 0.2) is 51.8 Å². The number of halogens is 2. The molecule has 1 amide bonds. The average Bonchev–Trinajstić information content (AvgIpc) is 3.08. The molecule has 1 heterocycles. The van der Waals surface area contributed by atoms with Gasteiger partial charge < -0.3 is 5.32 Å². The van der Waals surface area contributed by atoms with E-state index in [0.29, 0.717) is 30.1 Å². The van der Waals surface area contributed by atoms with Crippen LogP contribution in [0.5, 0.6) is 0 Å². The van der Waals surface area contributed by atoms with Crippen molar-refractivity contribution in [1.29, 1.82) is 0 Å². The number of anilines is 1. The summed E-state index contributed by atoms with van der Waals surface area (Å²) in [5, 5.41) is 3.32. The molecule has 1 aliphatic rings. The third-order valence-electron chi connectivity index (χ3n) is 4.37. The van der Waals surface area contributed by atoms with Crippen molar-refractivity contribution < 1.29 is 13.2 Å². The largest absolute Gasteiger partial charge is 0.324 e. The highest BCUT2D eigenvalue weighted by Gasteiger charge is 2.39. The predicted molar refractivity (Wildman–Crippen MR) is 106 cm³/mol. The molecule has 1 N–H and O–H groups in total. The SMILES string of the molecule is Cc1cc(Br)ccc1NC(=O)[C@H]1CCCN1S(=O)(=O)c1ccc(Cl)cc1. The summed E-state index contributed by atoms with van der Waals surface area (Å²) >= 11 is 9.23. The quantitative estimate of drug-likeness (QED) is 0.748. The van der Waals surface area contributed by atoms with Gasteiger partial charge in [-0.1, -0.05) is 27.5 Å². The van der Waals surface area contributed by atoms with Gasteiger partial charge in [0, 0.05) is 21.7 Å². The van der Waals surface area contributed by atoms with Crippen molar-refractivity contribution in [2.45, 2.75) is 30.7 Å². The minimum Gasteiger partial charge on any atom is -0.324 e. The molecule has 0 saturated carbocycles. The van der Waals surface area contributed by atoms with Gasteiger partial charge in [0.15, 0.2) is 0 Å². The number of carbonyl (C=O) groups is 1. The van der Waals surface area contributed by atoms with E-state index in [1.165, 1.54) is 28.6 Å².